The van der Waals surface area contributed by atoms with E-state index in [1.807, 2.05) is 6.92 Å². The largest absolute Gasteiger partial charge is 0.480 e. The van der Waals surface area contributed by atoms with E-state index in [-0.39, 0.29) is 12.6 Å². The zero-order valence-electron chi connectivity index (χ0n) is 11.5. The van der Waals surface area contributed by atoms with E-state index in [0.29, 0.717) is 24.5 Å². The molecule has 0 saturated carbocycles. The lowest BCUT2D eigenvalue weighted by Crippen LogP contribution is -2.34. The van der Waals surface area contributed by atoms with Crippen LogP contribution in [0.3, 0.4) is 0 Å². The van der Waals surface area contributed by atoms with Crippen LogP contribution < -0.4 is 5.32 Å². The van der Waals surface area contributed by atoms with Gasteiger partial charge in [0.25, 0.3) is 0 Å². The number of aliphatic carboxylic acids is 1. The number of carboxylic acid groups (broad SMARTS) is 1. The highest BCUT2D eigenvalue weighted by Crippen LogP contribution is 2.10. The van der Waals surface area contributed by atoms with Crippen LogP contribution in [0, 0.1) is 0 Å². The Kier molecular flexibility index (Phi) is 4.60. The van der Waals surface area contributed by atoms with Gasteiger partial charge >= 0.3 is 12.0 Å². The van der Waals surface area contributed by atoms with Gasteiger partial charge in [-0.3, -0.25) is 9.48 Å². The molecule has 0 aromatic carbocycles. The minimum Gasteiger partial charge on any atom is -0.480 e. The smallest absolute Gasteiger partial charge is 0.325 e. The van der Waals surface area contributed by atoms with Crippen molar-refractivity contribution >= 4 is 17.7 Å². The molecule has 2 amide bonds. The molecule has 21 heavy (non-hydrogen) atoms. The van der Waals surface area contributed by atoms with Crippen LogP contribution in [0.4, 0.5) is 10.5 Å². The van der Waals surface area contributed by atoms with Crippen molar-refractivity contribution in [1.29, 1.82) is 0 Å². The predicted molar refractivity (Wildman–Crippen MR) is 73.7 cm³/mol. The summed E-state index contributed by atoms with van der Waals surface area (Å²) in [5.41, 5.74) is 0.444. The molecule has 0 aliphatic heterocycles. The highest BCUT2D eigenvalue weighted by Gasteiger charge is 2.14. The number of carbonyl (C=O) groups excluding carboxylic acids is 1. The molecule has 0 atom stereocenters. The number of furan rings is 1. The topological polar surface area (TPSA) is 101 Å². The molecule has 0 spiro atoms. The number of urea groups is 1. The summed E-state index contributed by atoms with van der Waals surface area (Å²) in [6.45, 7) is 2.48. The van der Waals surface area contributed by atoms with Gasteiger partial charge in [0, 0.05) is 12.7 Å². The second kappa shape index (κ2) is 6.60. The zero-order chi connectivity index (χ0) is 15.2. The van der Waals surface area contributed by atoms with E-state index in [1.165, 1.54) is 17.1 Å². The molecule has 0 aliphatic rings. The number of nitrogens with zero attached hydrogens (tertiary/aromatic N) is 3. The second-order valence-corrected chi connectivity index (χ2v) is 4.34. The van der Waals surface area contributed by atoms with Crippen molar-refractivity contribution in [1.82, 2.24) is 14.7 Å². The van der Waals surface area contributed by atoms with Crippen LogP contribution in [0.1, 0.15) is 12.7 Å². The highest BCUT2D eigenvalue weighted by molar-refractivity contribution is 5.88. The molecule has 0 bridgehead atoms. The Labute approximate surface area is 121 Å². The van der Waals surface area contributed by atoms with Gasteiger partial charge in [0.05, 0.1) is 24.7 Å². The van der Waals surface area contributed by atoms with Crippen LogP contribution in [0.5, 0.6) is 0 Å². The number of anilines is 1. The van der Waals surface area contributed by atoms with E-state index >= 15 is 0 Å². The number of nitrogens with one attached hydrogen (secondary N) is 1. The van der Waals surface area contributed by atoms with Crippen LogP contribution in [-0.4, -0.2) is 38.3 Å². The Morgan fingerprint density at radius 2 is 2.33 bits per heavy atom. The third kappa shape index (κ3) is 4.10. The van der Waals surface area contributed by atoms with Crippen molar-refractivity contribution in [2.24, 2.45) is 0 Å². The molecule has 0 radical (unpaired) electrons. The SMILES string of the molecule is CCN(Cc1ccco1)C(=O)Nc1cnn(CC(=O)O)c1. The lowest BCUT2D eigenvalue weighted by atomic mass is 10.4. The molecular formula is C13H16N4O4. The number of carboxylic acids is 1. The first kappa shape index (κ1) is 14.6. The number of hydrogen-bond donors (Lipinski definition) is 2. The van der Waals surface area contributed by atoms with Gasteiger partial charge in [0.1, 0.15) is 12.3 Å². The zero-order valence-corrected chi connectivity index (χ0v) is 11.5. The van der Waals surface area contributed by atoms with E-state index in [4.69, 9.17) is 9.52 Å². The van der Waals surface area contributed by atoms with Crippen molar-refractivity contribution < 1.29 is 19.1 Å². The maximum Gasteiger partial charge on any atom is 0.325 e. The van der Waals surface area contributed by atoms with Gasteiger partial charge < -0.3 is 19.7 Å². The molecule has 112 valence electrons. The van der Waals surface area contributed by atoms with Gasteiger partial charge in [-0.15, -0.1) is 0 Å². The van der Waals surface area contributed by atoms with Gasteiger partial charge in [0.15, 0.2) is 0 Å². The fourth-order valence-corrected chi connectivity index (χ4v) is 1.77. The molecule has 2 heterocycles. The first-order valence-electron chi connectivity index (χ1n) is 6.41. The fourth-order valence-electron chi connectivity index (χ4n) is 1.77. The molecule has 2 N–H and O–H groups in total. The third-order valence-corrected chi connectivity index (χ3v) is 2.78. The molecule has 8 nitrogen and oxygen atoms in total. The molecule has 0 fully saturated rings. The average molecular weight is 292 g/mol. The fraction of sp³-hybridized carbons (Fsp3) is 0.308. The van der Waals surface area contributed by atoms with Gasteiger partial charge in [-0.1, -0.05) is 0 Å². The first-order valence-corrected chi connectivity index (χ1v) is 6.41. The number of hydrogen-bond acceptors (Lipinski definition) is 4. The summed E-state index contributed by atoms with van der Waals surface area (Å²) in [5.74, 6) is -0.308. The van der Waals surface area contributed by atoms with Crippen molar-refractivity contribution in [3.8, 4) is 0 Å². The Balaban J connectivity index is 1.95. The van der Waals surface area contributed by atoms with E-state index < -0.39 is 5.97 Å². The maximum absolute atomic E-state index is 12.1. The summed E-state index contributed by atoms with van der Waals surface area (Å²) in [5, 5.41) is 15.2. The van der Waals surface area contributed by atoms with Crippen molar-refractivity contribution in [3.63, 3.8) is 0 Å². The van der Waals surface area contributed by atoms with Crippen LogP contribution in [0.15, 0.2) is 35.2 Å². The van der Waals surface area contributed by atoms with Crippen molar-refractivity contribution in [3.05, 3.63) is 36.5 Å². The molecule has 0 unspecified atom stereocenters. The van der Waals surface area contributed by atoms with Gasteiger partial charge in [-0.05, 0) is 19.1 Å². The molecule has 8 heteroatoms. The monoisotopic (exact) mass is 292 g/mol. The molecule has 2 aromatic rings. The average Bonchev–Trinajstić information content (AvgIpc) is 3.07. The highest BCUT2D eigenvalue weighted by atomic mass is 16.4. The van der Waals surface area contributed by atoms with Crippen molar-refractivity contribution in [2.75, 3.05) is 11.9 Å². The standard InChI is InChI=1S/C13H16N4O4/c1-2-16(8-11-4-3-5-21-11)13(20)15-10-6-14-17(7-10)9-12(18)19/h3-7H,2,8-9H2,1H3,(H,15,20)(H,18,19). The lowest BCUT2D eigenvalue weighted by Gasteiger charge is -2.19. The van der Waals surface area contributed by atoms with E-state index in [1.54, 1.807) is 23.3 Å². The van der Waals surface area contributed by atoms with Crippen LogP contribution in [0.2, 0.25) is 0 Å². The van der Waals surface area contributed by atoms with E-state index in [0.717, 1.165) is 0 Å². The summed E-state index contributed by atoms with van der Waals surface area (Å²) in [6, 6.07) is 3.25. The molecule has 2 rings (SSSR count). The minimum atomic E-state index is -0.996. The number of amides is 2. The number of aromatic nitrogens is 2. The third-order valence-electron chi connectivity index (χ3n) is 2.78. The summed E-state index contributed by atoms with van der Waals surface area (Å²) in [7, 11) is 0. The maximum atomic E-state index is 12.1. The van der Waals surface area contributed by atoms with Crippen LogP contribution in [0.25, 0.3) is 0 Å². The van der Waals surface area contributed by atoms with Crippen molar-refractivity contribution in [2.45, 2.75) is 20.0 Å². The van der Waals surface area contributed by atoms with E-state index in [2.05, 4.69) is 10.4 Å². The van der Waals surface area contributed by atoms with Gasteiger partial charge in [-0.25, -0.2) is 4.79 Å². The van der Waals surface area contributed by atoms with Crippen LogP contribution >= 0.6 is 0 Å². The van der Waals surface area contributed by atoms with Gasteiger partial charge in [-0.2, -0.15) is 5.10 Å². The Hall–Kier alpha value is -2.77. The quantitative estimate of drug-likeness (QED) is 0.842. The molecule has 0 aliphatic carbocycles. The minimum absolute atomic E-state index is 0.250. The Bertz CT molecular complexity index is 605. The molecule has 0 saturated heterocycles. The summed E-state index contributed by atoms with van der Waals surface area (Å²) >= 11 is 0. The summed E-state index contributed by atoms with van der Waals surface area (Å²) in [4.78, 5) is 24.2. The second-order valence-electron chi connectivity index (χ2n) is 4.34. The molecule has 2 aromatic heterocycles. The predicted octanol–water partition coefficient (Wildman–Crippen LogP) is 1.61. The summed E-state index contributed by atoms with van der Waals surface area (Å²) in [6.07, 6.45) is 4.42. The molecular weight excluding hydrogens is 276 g/mol. The summed E-state index contributed by atoms with van der Waals surface area (Å²) < 4.78 is 6.45. The Morgan fingerprint density at radius 1 is 1.52 bits per heavy atom. The Morgan fingerprint density at radius 3 is 2.95 bits per heavy atom. The van der Waals surface area contributed by atoms with Gasteiger partial charge in [0.2, 0.25) is 0 Å². The lowest BCUT2D eigenvalue weighted by molar-refractivity contribution is -0.137. The number of rotatable bonds is 6. The van der Waals surface area contributed by atoms with E-state index in [9.17, 15) is 9.59 Å². The normalized spacial score (nSPS) is 10.3. The van der Waals surface area contributed by atoms with Crippen LogP contribution in [-0.2, 0) is 17.9 Å². The first-order chi connectivity index (χ1) is 10.1. The number of carbonyl (C=O) groups is 2.